The zero-order valence-electron chi connectivity index (χ0n) is 19.8. The van der Waals surface area contributed by atoms with Gasteiger partial charge in [-0.1, -0.05) is 25.1 Å². The number of hydrogen-bond donors (Lipinski definition) is 0. The Bertz CT molecular complexity index is 1180. The van der Waals surface area contributed by atoms with Crippen molar-refractivity contribution in [2.24, 2.45) is 0 Å². The first-order valence-corrected chi connectivity index (χ1v) is 11.2. The summed E-state index contributed by atoms with van der Waals surface area (Å²) in [6.07, 6.45) is 4.07. The molecule has 0 spiro atoms. The molecule has 0 saturated heterocycles. The molecule has 5 nitrogen and oxygen atoms in total. The van der Waals surface area contributed by atoms with E-state index in [-0.39, 0.29) is 26.6 Å². The number of hydrogen-bond acceptors (Lipinski definition) is 5. The van der Waals surface area contributed by atoms with E-state index < -0.39 is 0 Å². The van der Waals surface area contributed by atoms with Crippen molar-refractivity contribution in [3.8, 4) is 11.5 Å². The summed E-state index contributed by atoms with van der Waals surface area (Å²) >= 11 is 0. The van der Waals surface area contributed by atoms with Gasteiger partial charge in [-0.25, -0.2) is 0 Å². The molecule has 0 atom stereocenters. The minimum Gasteiger partial charge on any atom is -0.509 e. The molecule has 0 saturated carbocycles. The van der Waals surface area contributed by atoms with E-state index in [4.69, 9.17) is 4.74 Å². The van der Waals surface area contributed by atoms with Gasteiger partial charge in [0.25, 0.3) is 0 Å². The second-order valence-corrected chi connectivity index (χ2v) is 8.73. The summed E-state index contributed by atoms with van der Waals surface area (Å²) in [5.41, 5.74) is 4.18. The molecule has 3 aromatic carbocycles. The molecular formula is C28H28N4OPt. The van der Waals surface area contributed by atoms with Crippen LogP contribution in [0.15, 0.2) is 73.1 Å². The van der Waals surface area contributed by atoms with Crippen molar-refractivity contribution < 1.29 is 25.8 Å². The number of para-hydroxylation sites is 1. The van der Waals surface area contributed by atoms with Gasteiger partial charge in [0.05, 0.1) is 0 Å². The Labute approximate surface area is 217 Å². The molecule has 34 heavy (non-hydrogen) atoms. The minimum atomic E-state index is -0.0923. The second-order valence-electron chi connectivity index (χ2n) is 8.73. The molecule has 2 aliphatic rings. The Hall–Kier alpha value is -2.75. The number of nitrogens with zero attached hydrogens (tertiary/aromatic N) is 4. The third-order valence-electron chi connectivity index (χ3n) is 6.31. The fraction of sp³-hybridized carbons (Fsp3) is 0.214. The summed E-state index contributed by atoms with van der Waals surface area (Å²) in [4.78, 5) is 8.54. The second kappa shape index (κ2) is 9.85. The van der Waals surface area contributed by atoms with Gasteiger partial charge in [0.2, 0.25) is 0 Å². The van der Waals surface area contributed by atoms with E-state index >= 15 is 0 Å². The summed E-state index contributed by atoms with van der Waals surface area (Å²) < 4.78 is 6.18. The van der Waals surface area contributed by atoms with Gasteiger partial charge in [0, 0.05) is 22.7 Å². The zero-order chi connectivity index (χ0) is 23.0. The largest absolute Gasteiger partial charge is 4.00 e. The van der Waals surface area contributed by atoms with Crippen LogP contribution in [0.4, 0.5) is 17.1 Å². The van der Waals surface area contributed by atoms with Crippen LogP contribution in [0.2, 0.25) is 0 Å². The predicted molar refractivity (Wildman–Crippen MR) is 133 cm³/mol. The molecule has 0 aromatic heterocycles. The molecule has 0 unspecified atom stereocenters. The van der Waals surface area contributed by atoms with Gasteiger partial charge in [0.15, 0.2) is 0 Å². The van der Waals surface area contributed by atoms with Crippen molar-refractivity contribution in [1.82, 2.24) is 9.80 Å². The number of anilines is 3. The Kier molecular flexibility index (Phi) is 7.06. The maximum Gasteiger partial charge on any atom is 4.00 e. The molecule has 0 bridgehead atoms. The summed E-state index contributed by atoms with van der Waals surface area (Å²) in [7, 11) is 2.10. The third-order valence-corrected chi connectivity index (χ3v) is 6.31. The number of ether oxygens (including phenoxy) is 1. The maximum absolute atomic E-state index is 6.18. The van der Waals surface area contributed by atoms with Gasteiger partial charge < -0.3 is 24.3 Å². The molecule has 0 fully saturated rings. The maximum atomic E-state index is 6.18. The molecule has 0 radical (unpaired) electrons. The van der Waals surface area contributed by atoms with Crippen molar-refractivity contribution in [2.75, 3.05) is 23.4 Å². The molecule has 2 heterocycles. The van der Waals surface area contributed by atoms with Crippen LogP contribution in [-0.4, -0.2) is 23.4 Å². The first kappa shape index (κ1) is 24.4. The van der Waals surface area contributed by atoms with Crippen LogP contribution >= 0.6 is 0 Å². The van der Waals surface area contributed by atoms with Gasteiger partial charge >= 0.3 is 21.1 Å². The van der Waals surface area contributed by atoms with E-state index in [0.717, 1.165) is 23.6 Å². The molecule has 2 aliphatic heterocycles. The van der Waals surface area contributed by atoms with E-state index in [9.17, 15) is 0 Å². The van der Waals surface area contributed by atoms with Crippen molar-refractivity contribution in [1.29, 1.82) is 0 Å². The molecule has 0 aliphatic carbocycles. The van der Waals surface area contributed by atoms with Crippen LogP contribution in [-0.2, 0) is 26.6 Å². The van der Waals surface area contributed by atoms with Crippen molar-refractivity contribution >= 4 is 17.1 Å². The Morgan fingerprint density at radius 1 is 0.853 bits per heavy atom. The van der Waals surface area contributed by atoms with E-state index in [2.05, 4.69) is 91.7 Å². The first-order valence-electron chi connectivity index (χ1n) is 11.2. The normalized spacial score (nSPS) is 16.9. The van der Waals surface area contributed by atoms with Crippen LogP contribution < -0.4 is 14.5 Å². The van der Waals surface area contributed by atoms with Crippen LogP contribution in [0.25, 0.3) is 0 Å². The molecule has 6 heteroatoms. The molecular weight excluding hydrogens is 603 g/mol. The van der Waals surface area contributed by atoms with Gasteiger partial charge in [0.1, 0.15) is 0 Å². The average molecular weight is 632 g/mol. The fourth-order valence-electron chi connectivity index (χ4n) is 4.09. The van der Waals surface area contributed by atoms with Crippen LogP contribution in [0.3, 0.4) is 0 Å². The summed E-state index contributed by atoms with van der Waals surface area (Å²) in [6.45, 7) is 11.7. The Morgan fingerprint density at radius 2 is 1.53 bits per heavy atom. The standard InChI is InChI=1S/C28H28N4O.Pt/c1-5-30-16-17-31(21-30)22-10-8-12-24(18-22)33-25-13-9-11-23(19-25)32-20-29(4)28(2,3)26-14-6-7-15-27(26)32;/h6-17,20-21H,5H2,1-4H3;/q-4;+4. The van der Waals surface area contributed by atoms with E-state index in [1.54, 1.807) is 0 Å². The number of rotatable bonds is 5. The van der Waals surface area contributed by atoms with Crippen molar-refractivity contribution in [3.63, 3.8) is 0 Å². The van der Waals surface area contributed by atoms with Gasteiger partial charge in [-0.3, -0.25) is 0 Å². The quantitative estimate of drug-likeness (QED) is 0.310. The van der Waals surface area contributed by atoms with Crippen molar-refractivity contribution in [3.05, 3.63) is 104 Å². The SMILES string of the molecule is CCN1C=CN(c2[c-]c(Oc3[c-]c(N4[CH-]N(C)C(C)(C)c5ccccc54)ccc3)ccc2)[CH-]1.[Pt+4]. The Morgan fingerprint density at radius 3 is 2.24 bits per heavy atom. The van der Waals surface area contributed by atoms with Crippen molar-refractivity contribution in [2.45, 2.75) is 26.3 Å². The smallest absolute Gasteiger partial charge is 0.509 e. The molecule has 0 amide bonds. The molecule has 176 valence electrons. The van der Waals surface area contributed by atoms with E-state index in [0.29, 0.717) is 11.5 Å². The van der Waals surface area contributed by atoms with Crippen LogP contribution in [0.1, 0.15) is 26.3 Å². The topological polar surface area (TPSA) is 22.2 Å². The summed E-state index contributed by atoms with van der Waals surface area (Å²) in [5.74, 6) is 1.30. The first-order chi connectivity index (χ1) is 16.0. The summed E-state index contributed by atoms with van der Waals surface area (Å²) in [6, 6.07) is 27.2. The van der Waals surface area contributed by atoms with Crippen LogP contribution in [0.5, 0.6) is 11.5 Å². The molecule has 0 N–H and O–H groups in total. The number of fused-ring (bicyclic) bond motifs is 1. The molecule has 3 aromatic rings. The third kappa shape index (κ3) is 4.60. The zero-order valence-corrected chi connectivity index (χ0v) is 22.1. The van der Waals surface area contributed by atoms with E-state index in [1.807, 2.05) is 54.3 Å². The fourth-order valence-corrected chi connectivity index (χ4v) is 4.09. The van der Waals surface area contributed by atoms with E-state index in [1.165, 1.54) is 5.56 Å². The monoisotopic (exact) mass is 631 g/mol. The van der Waals surface area contributed by atoms with Gasteiger partial charge in [-0.05, 0) is 51.5 Å². The Balaban J connectivity index is 0.00000274. The minimum absolute atomic E-state index is 0. The number of benzene rings is 3. The van der Waals surface area contributed by atoms with Crippen LogP contribution in [0, 0.1) is 25.5 Å². The predicted octanol–water partition coefficient (Wildman–Crippen LogP) is 6.25. The average Bonchev–Trinajstić information content (AvgIpc) is 3.32. The van der Waals surface area contributed by atoms with Gasteiger partial charge in [-0.2, -0.15) is 25.5 Å². The van der Waals surface area contributed by atoms with Gasteiger partial charge in [-0.15, -0.1) is 47.8 Å². The molecule has 5 rings (SSSR count). The summed E-state index contributed by atoms with van der Waals surface area (Å²) in [5, 5.41) is 0.